The highest BCUT2D eigenvalue weighted by Gasteiger charge is 2.34. The molecule has 0 spiro atoms. The van der Waals surface area contributed by atoms with Gasteiger partial charge in [-0.1, -0.05) is 46.9 Å². The molecule has 28 heavy (non-hydrogen) atoms. The summed E-state index contributed by atoms with van der Waals surface area (Å²) in [4.78, 5) is 14.4. The van der Waals surface area contributed by atoms with E-state index < -0.39 is 15.9 Å². The first-order valence-corrected chi connectivity index (χ1v) is 11.5. The van der Waals surface area contributed by atoms with Gasteiger partial charge in [0.15, 0.2) is 16.4 Å². The van der Waals surface area contributed by atoms with Gasteiger partial charge >= 0.3 is 0 Å². The van der Waals surface area contributed by atoms with Gasteiger partial charge in [-0.25, -0.2) is 8.42 Å². The van der Waals surface area contributed by atoms with Gasteiger partial charge in [0.05, 0.1) is 16.5 Å². The molecule has 0 unspecified atom stereocenters. The average molecular weight is 463 g/mol. The minimum atomic E-state index is -3.14. The maximum absolute atomic E-state index is 12.9. The topological polar surface area (TPSA) is 63.7 Å². The molecule has 2 aromatic carbocycles. The van der Waals surface area contributed by atoms with E-state index in [9.17, 15) is 13.2 Å². The standard InChI is InChI=1S/C19H18Cl3NO4S/c20-14-3-1-13(2-4-14)10-23(16-7-8-28(25,26)12-16)19(24)11-27-18-6-5-15(21)9-17(18)22/h1-6,9,16H,7-8,10-12H2/t16-/m0/s1. The summed E-state index contributed by atoms with van der Waals surface area (Å²) < 4.78 is 29.4. The molecular weight excluding hydrogens is 445 g/mol. The van der Waals surface area contributed by atoms with Crippen molar-refractivity contribution >= 4 is 50.5 Å². The molecule has 1 atom stereocenters. The number of halogens is 3. The molecule has 3 rings (SSSR count). The monoisotopic (exact) mass is 461 g/mol. The lowest BCUT2D eigenvalue weighted by Crippen LogP contribution is -2.43. The summed E-state index contributed by atoms with van der Waals surface area (Å²) in [5.41, 5.74) is 0.853. The molecule has 0 N–H and O–H groups in total. The van der Waals surface area contributed by atoms with Crippen LogP contribution in [0.25, 0.3) is 0 Å². The summed E-state index contributed by atoms with van der Waals surface area (Å²) in [6, 6.07) is 11.4. The van der Waals surface area contributed by atoms with E-state index in [0.717, 1.165) is 5.56 Å². The normalized spacial score (nSPS) is 18.0. The van der Waals surface area contributed by atoms with Gasteiger partial charge in [-0.05, 0) is 42.3 Å². The van der Waals surface area contributed by atoms with Gasteiger partial charge < -0.3 is 9.64 Å². The number of sulfone groups is 1. The van der Waals surface area contributed by atoms with Gasteiger partial charge in [0.25, 0.3) is 5.91 Å². The van der Waals surface area contributed by atoms with Crippen LogP contribution in [0.1, 0.15) is 12.0 Å². The number of hydrogen-bond donors (Lipinski definition) is 0. The quantitative estimate of drug-likeness (QED) is 0.644. The van der Waals surface area contributed by atoms with E-state index in [4.69, 9.17) is 39.5 Å². The van der Waals surface area contributed by atoms with Crippen molar-refractivity contribution in [2.75, 3.05) is 18.1 Å². The zero-order valence-corrected chi connectivity index (χ0v) is 17.9. The smallest absolute Gasteiger partial charge is 0.261 e. The minimum Gasteiger partial charge on any atom is -0.482 e. The number of rotatable bonds is 6. The number of ether oxygens (including phenoxy) is 1. The summed E-state index contributed by atoms with van der Waals surface area (Å²) in [5, 5.41) is 1.35. The predicted molar refractivity (Wildman–Crippen MR) is 111 cm³/mol. The molecular formula is C19H18Cl3NO4S. The second-order valence-electron chi connectivity index (χ2n) is 6.57. The highest BCUT2D eigenvalue weighted by Crippen LogP contribution is 2.28. The average Bonchev–Trinajstić information content (AvgIpc) is 2.99. The number of nitrogens with zero attached hydrogens (tertiary/aromatic N) is 1. The van der Waals surface area contributed by atoms with Crippen molar-refractivity contribution in [3.63, 3.8) is 0 Å². The first kappa shape index (κ1) is 21.2. The number of carbonyl (C=O) groups excluding carboxylic acids is 1. The molecule has 1 heterocycles. The molecule has 9 heteroatoms. The molecule has 5 nitrogen and oxygen atoms in total. The Bertz CT molecular complexity index is 964. The third-order valence-corrected chi connectivity index (χ3v) is 7.01. The van der Waals surface area contributed by atoms with Gasteiger partial charge in [-0.3, -0.25) is 4.79 Å². The zero-order valence-electron chi connectivity index (χ0n) is 14.8. The summed E-state index contributed by atoms with van der Waals surface area (Å²) in [6.07, 6.45) is 0.406. The van der Waals surface area contributed by atoms with Crippen LogP contribution in [-0.4, -0.2) is 43.4 Å². The van der Waals surface area contributed by atoms with E-state index in [0.29, 0.717) is 27.2 Å². The molecule has 1 saturated heterocycles. The molecule has 0 bridgehead atoms. The number of hydrogen-bond acceptors (Lipinski definition) is 4. The molecule has 0 saturated carbocycles. The van der Waals surface area contributed by atoms with Crippen molar-refractivity contribution in [3.8, 4) is 5.75 Å². The molecule has 0 aromatic heterocycles. The summed E-state index contributed by atoms with van der Waals surface area (Å²) in [6.45, 7) is 0.0133. The van der Waals surface area contributed by atoms with Crippen LogP contribution in [0.15, 0.2) is 42.5 Å². The number of carbonyl (C=O) groups is 1. The third kappa shape index (κ3) is 5.54. The van der Waals surface area contributed by atoms with E-state index in [-0.39, 0.29) is 30.6 Å². The fourth-order valence-corrected chi connectivity index (χ4v) is 5.36. The second-order valence-corrected chi connectivity index (χ2v) is 10.1. The summed E-state index contributed by atoms with van der Waals surface area (Å²) in [5.74, 6) is 0.0490. The molecule has 150 valence electrons. The van der Waals surface area contributed by atoms with Crippen LogP contribution in [-0.2, 0) is 21.2 Å². The molecule has 0 radical (unpaired) electrons. The zero-order chi connectivity index (χ0) is 20.3. The first-order chi connectivity index (χ1) is 13.2. The largest absolute Gasteiger partial charge is 0.482 e. The van der Waals surface area contributed by atoms with Crippen LogP contribution in [0.2, 0.25) is 15.1 Å². The van der Waals surface area contributed by atoms with Gasteiger partial charge in [0.1, 0.15) is 5.75 Å². The SMILES string of the molecule is O=C(COc1ccc(Cl)cc1Cl)N(Cc1ccc(Cl)cc1)[C@H]1CCS(=O)(=O)C1. The maximum atomic E-state index is 12.9. The van der Waals surface area contributed by atoms with Crippen LogP contribution in [0.3, 0.4) is 0 Å². The van der Waals surface area contributed by atoms with E-state index in [1.165, 1.54) is 6.07 Å². The van der Waals surface area contributed by atoms with Gasteiger partial charge in [0, 0.05) is 22.6 Å². The van der Waals surface area contributed by atoms with Crippen molar-refractivity contribution in [3.05, 3.63) is 63.1 Å². The molecule has 1 fully saturated rings. The van der Waals surface area contributed by atoms with Crippen molar-refractivity contribution < 1.29 is 17.9 Å². The Morgan fingerprint density at radius 2 is 1.75 bits per heavy atom. The Kier molecular flexibility index (Phi) is 6.76. The van der Waals surface area contributed by atoms with Crippen LogP contribution in [0.5, 0.6) is 5.75 Å². The van der Waals surface area contributed by atoms with Crippen LogP contribution in [0.4, 0.5) is 0 Å². The summed E-state index contributed by atoms with van der Waals surface area (Å²) in [7, 11) is -3.14. The molecule has 1 amide bonds. The van der Waals surface area contributed by atoms with Crippen molar-refractivity contribution in [2.45, 2.75) is 19.0 Å². The van der Waals surface area contributed by atoms with Crippen LogP contribution in [0, 0.1) is 0 Å². The van der Waals surface area contributed by atoms with E-state index in [1.807, 2.05) is 12.1 Å². The summed E-state index contributed by atoms with van der Waals surface area (Å²) >= 11 is 17.9. The second kappa shape index (κ2) is 8.91. The molecule has 1 aliphatic heterocycles. The Morgan fingerprint density at radius 3 is 2.36 bits per heavy atom. The Hall–Kier alpha value is -1.47. The van der Waals surface area contributed by atoms with Crippen molar-refractivity contribution in [2.24, 2.45) is 0 Å². The van der Waals surface area contributed by atoms with Crippen molar-refractivity contribution in [1.29, 1.82) is 0 Å². The number of benzene rings is 2. The lowest BCUT2D eigenvalue weighted by molar-refractivity contribution is -0.136. The minimum absolute atomic E-state index is 0.0476. The Morgan fingerprint density at radius 1 is 1.07 bits per heavy atom. The van der Waals surface area contributed by atoms with Crippen LogP contribution < -0.4 is 4.74 Å². The highest BCUT2D eigenvalue weighted by molar-refractivity contribution is 7.91. The van der Waals surface area contributed by atoms with Crippen LogP contribution >= 0.6 is 34.8 Å². The highest BCUT2D eigenvalue weighted by atomic mass is 35.5. The molecule has 1 aliphatic rings. The fourth-order valence-electron chi connectivity index (χ4n) is 3.04. The fraction of sp³-hybridized carbons (Fsp3) is 0.316. The first-order valence-electron chi connectivity index (χ1n) is 8.56. The Balaban J connectivity index is 1.75. The van der Waals surface area contributed by atoms with E-state index >= 15 is 0 Å². The third-order valence-electron chi connectivity index (χ3n) is 4.48. The molecule has 0 aliphatic carbocycles. The Labute approximate surface area is 179 Å². The number of amides is 1. The van der Waals surface area contributed by atoms with Gasteiger partial charge in [-0.2, -0.15) is 0 Å². The predicted octanol–water partition coefficient (Wildman–Crippen LogP) is 4.24. The maximum Gasteiger partial charge on any atom is 0.261 e. The van der Waals surface area contributed by atoms with E-state index in [1.54, 1.807) is 29.2 Å². The van der Waals surface area contributed by atoms with E-state index in [2.05, 4.69) is 0 Å². The molecule has 2 aromatic rings. The van der Waals surface area contributed by atoms with Gasteiger partial charge in [-0.15, -0.1) is 0 Å². The van der Waals surface area contributed by atoms with Gasteiger partial charge in [0.2, 0.25) is 0 Å². The lowest BCUT2D eigenvalue weighted by Gasteiger charge is -2.28. The van der Waals surface area contributed by atoms with Crippen molar-refractivity contribution in [1.82, 2.24) is 4.90 Å². The lowest BCUT2D eigenvalue weighted by atomic mass is 10.1.